The number of hydrogen-bond acceptors (Lipinski definition) is 4. The molecule has 7 nitrogen and oxygen atoms in total. The van der Waals surface area contributed by atoms with Gasteiger partial charge in [0.1, 0.15) is 12.6 Å². The zero-order valence-corrected chi connectivity index (χ0v) is 25.4. The van der Waals surface area contributed by atoms with Gasteiger partial charge in [0.15, 0.2) is 0 Å². The van der Waals surface area contributed by atoms with E-state index in [-0.39, 0.29) is 39.1 Å². The average molecular weight is 605 g/mol. The summed E-state index contributed by atoms with van der Waals surface area (Å²) in [7, 11) is -4.24. The second-order valence-corrected chi connectivity index (χ2v) is 12.3. The third kappa shape index (κ3) is 7.56. The number of rotatable bonds is 12. The second-order valence-electron chi connectivity index (χ2n) is 9.61. The first kappa shape index (κ1) is 31.5. The molecule has 0 radical (unpaired) electrons. The van der Waals surface area contributed by atoms with Crippen LogP contribution in [0.15, 0.2) is 77.7 Å². The van der Waals surface area contributed by atoms with Crippen LogP contribution in [0, 0.1) is 6.92 Å². The first-order valence-electron chi connectivity index (χ1n) is 13.2. The number of carbonyl (C=O) groups excluding carboxylic acids is 2. The van der Waals surface area contributed by atoms with Gasteiger partial charge >= 0.3 is 0 Å². The van der Waals surface area contributed by atoms with Crippen LogP contribution in [-0.4, -0.2) is 43.8 Å². The molecule has 214 valence electrons. The molecule has 2 amide bonds. The number of nitrogens with zero attached hydrogens (tertiary/aromatic N) is 2. The predicted octanol–water partition coefficient (Wildman–Crippen LogP) is 6.22. The Kier molecular flexibility index (Phi) is 11.0. The third-order valence-electron chi connectivity index (χ3n) is 6.78. The minimum absolute atomic E-state index is 0.00847. The topological polar surface area (TPSA) is 86.8 Å². The van der Waals surface area contributed by atoms with Crippen molar-refractivity contribution in [1.29, 1.82) is 0 Å². The number of benzene rings is 3. The summed E-state index contributed by atoms with van der Waals surface area (Å²) in [5, 5.41) is 3.35. The van der Waals surface area contributed by atoms with Gasteiger partial charge in [-0.3, -0.25) is 13.9 Å². The Labute approximate surface area is 247 Å². The van der Waals surface area contributed by atoms with Gasteiger partial charge < -0.3 is 10.2 Å². The van der Waals surface area contributed by atoms with E-state index >= 15 is 0 Å². The Morgan fingerprint density at radius 2 is 1.57 bits per heavy atom. The van der Waals surface area contributed by atoms with Crippen LogP contribution in [0.25, 0.3) is 0 Å². The Morgan fingerprint density at radius 1 is 0.925 bits per heavy atom. The highest BCUT2D eigenvalue weighted by Crippen LogP contribution is 2.33. The number of aryl methyl sites for hydroxylation is 1. The van der Waals surface area contributed by atoms with Gasteiger partial charge in [0.25, 0.3) is 10.0 Å². The molecular weight excluding hydrogens is 569 g/mol. The fourth-order valence-corrected chi connectivity index (χ4v) is 6.12. The van der Waals surface area contributed by atoms with Crippen molar-refractivity contribution in [3.8, 4) is 0 Å². The highest BCUT2D eigenvalue weighted by Gasteiger charge is 2.34. The number of amides is 2. The molecule has 0 bridgehead atoms. The Bertz CT molecular complexity index is 1430. The van der Waals surface area contributed by atoms with Crippen molar-refractivity contribution in [2.24, 2.45) is 0 Å². The Hall–Kier alpha value is -3.07. The number of halogens is 2. The number of carbonyl (C=O) groups is 2. The molecule has 1 N–H and O–H groups in total. The van der Waals surface area contributed by atoms with Gasteiger partial charge in [-0.05, 0) is 68.1 Å². The van der Waals surface area contributed by atoms with E-state index in [2.05, 4.69) is 5.32 Å². The lowest BCUT2D eigenvalue weighted by Crippen LogP contribution is -2.53. The summed E-state index contributed by atoms with van der Waals surface area (Å²) < 4.78 is 28.8. The molecule has 10 heteroatoms. The van der Waals surface area contributed by atoms with E-state index in [0.717, 1.165) is 21.9 Å². The Balaban J connectivity index is 2.10. The molecular formula is C30H35Cl2N3O4S. The molecule has 2 atom stereocenters. The summed E-state index contributed by atoms with van der Waals surface area (Å²) in [6, 6.07) is 18.9. The fourth-order valence-electron chi connectivity index (χ4n) is 4.24. The minimum atomic E-state index is -4.24. The van der Waals surface area contributed by atoms with E-state index in [0.29, 0.717) is 6.42 Å². The minimum Gasteiger partial charge on any atom is -0.352 e. The molecule has 0 aliphatic heterocycles. The quantitative estimate of drug-likeness (QED) is 0.266. The van der Waals surface area contributed by atoms with E-state index in [1.807, 2.05) is 52.0 Å². The maximum Gasteiger partial charge on any atom is 0.264 e. The zero-order valence-electron chi connectivity index (χ0n) is 23.1. The molecule has 0 unspecified atom stereocenters. The van der Waals surface area contributed by atoms with Crippen molar-refractivity contribution in [2.45, 2.75) is 64.1 Å². The van der Waals surface area contributed by atoms with Crippen LogP contribution in [0.3, 0.4) is 0 Å². The maximum absolute atomic E-state index is 14.1. The third-order valence-corrected chi connectivity index (χ3v) is 9.10. The van der Waals surface area contributed by atoms with Crippen molar-refractivity contribution in [2.75, 3.05) is 10.8 Å². The van der Waals surface area contributed by atoms with Crippen LogP contribution in [0.2, 0.25) is 10.0 Å². The summed E-state index contributed by atoms with van der Waals surface area (Å²) in [6.07, 6.45) is 1.06. The summed E-state index contributed by atoms with van der Waals surface area (Å²) in [5.74, 6) is -0.845. The van der Waals surface area contributed by atoms with E-state index in [4.69, 9.17) is 23.2 Å². The standard InChI is InChI=1S/C30H35Cl2N3O4S/c1-5-22(4)33-30(37)27(6-2)34(19-23-13-11-10-12-21(23)3)29(36)20-35(28-18-24(31)16-17-26(28)32)40(38,39)25-14-8-7-9-15-25/h7-18,22,27H,5-6,19-20H2,1-4H3,(H,33,37)/t22-,27-/m1/s1. The molecule has 0 saturated carbocycles. The van der Waals surface area contributed by atoms with Crippen LogP contribution < -0.4 is 9.62 Å². The summed E-state index contributed by atoms with van der Waals surface area (Å²) in [5.41, 5.74) is 1.87. The van der Waals surface area contributed by atoms with Gasteiger partial charge in [-0.15, -0.1) is 0 Å². The van der Waals surface area contributed by atoms with Crippen molar-refractivity contribution < 1.29 is 18.0 Å². The van der Waals surface area contributed by atoms with Crippen LogP contribution in [0.1, 0.15) is 44.7 Å². The van der Waals surface area contributed by atoms with Gasteiger partial charge in [-0.1, -0.05) is 79.5 Å². The number of sulfonamides is 1. The van der Waals surface area contributed by atoms with E-state index in [1.54, 1.807) is 24.3 Å². The molecule has 3 aromatic carbocycles. The van der Waals surface area contributed by atoms with Crippen LogP contribution in [0.5, 0.6) is 0 Å². The fraction of sp³-hybridized carbons (Fsp3) is 0.333. The van der Waals surface area contributed by atoms with Crippen molar-refractivity contribution in [3.05, 3.63) is 94.0 Å². The van der Waals surface area contributed by atoms with Gasteiger partial charge in [-0.25, -0.2) is 8.42 Å². The van der Waals surface area contributed by atoms with Crippen molar-refractivity contribution in [3.63, 3.8) is 0 Å². The molecule has 0 aromatic heterocycles. The highest BCUT2D eigenvalue weighted by molar-refractivity contribution is 7.92. The largest absolute Gasteiger partial charge is 0.352 e. The molecule has 0 heterocycles. The lowest BCUT2D eigenvalue weighted by molar-refractivity contribution is -0.140. The number of nitrogens with one attached hydrogen (secondary N) is 1. The second kappa shape index (κ2) is 14.0. The van der Waals surface area contributed by atoms with Gasteiger partial charge in [0.05, 0.1) is 15.6 Å². The lowest BCUT2D eigenvalue weighted by atomic mass is 10.1. The Morgan fingerprint density at radius 3 is 2.20 bits per heavy atom. The number of anilines is 1. The molecule has 0 saturated heterocycles. The molecule has 0 aliphatic rings. The first-order valence-corrected chi connectivity index (χ1v) is 15.4. The van der Waals surface area contributed by atoms with Crippen molar-refractivity contribution in [1.82, 2.24) is 10.2 Å². The van der Waals surface area contributed by atoms with E-state index in [1.165, 1.54) is 29.2 Å². The normalized spacial score (nSPS) is 12.8. The van der Waals surface area contributed by atoms with Gasteiger partial charge in [-0.2, -0.15) is 0 Å². The molecule has 3 rings (SSSR count). The summed E-state index contributed by atoms with van der Waals surface area (Å²) >= 11 is 12.7. The van der Waals surface area contributed by atoms with Crippen LogP contribution >= 0.6 is 23.2 Å². The maximum atomic E-state index is 14.1. The molecule has 3 aromatic rings. The summed E-state index contributed by atoms with van der Waals surface area (Å²) in [6.45, 7) is 7.15. The van der Waals surface area contributed by atoms with Crippen molar-refractivity contribution >= 4 is 50.7 Å². The summed E-state index contributed by atoms with van der Waals surface area (Å²) in [4.78, 5) is 28.9. The van der Waals surface area contributed by atoms with E-state index < -0.39 is 28.5 Å². The lowest BCUT2D eigenvalue weighted by Gasteiger charge is -2.34. The molecule has 0 fully saturated rings. The smallest absolute Gasteiger partial charge is 0.264 e. The average Bonchev–Trinajstić information content (AvgIpc) is 2.94. The van der Waals surface area contributed by atoms with Gasteiger partial charge in [0.2, 0.25) is 11.8 Å². The molecule has 0 spiro atoms. The predicted molar refractivity (Wildman–Crippen MR) is 161 cm³/mol. The molecule has 0 aliphatic carbocycles. The SMILES string of the molecule is CC[C@@H](C)NC(=O)[C@@H](CC)N(Cc1ccccc1C)C(=O)CN(c1cc(Cl)ccc1Cl)S(=O)(=O)c1ccccc1. The zero-order chi connectivity index (χ0) is 29.4. The van der Waals surface area contributed by atoms with Crippen LogP contribution in [0.4, 0.5) is 5.69 Å². The van der Waals surface area contributed by atoms with Crippen LogP contribution in [-0.2, 0) is 26.2 Å². The number of hydrogen-bond donors (Lipinski definition) is 1. The molecule has 40 heavy (non-hydrogen) atoms. The highest BCUT2D eigenvalue weighted by atomic mass is 35.5. The monoisotopic (exact) mass is 603 g/mol. The van der Waals surface area contributed by atoms with Gasteiger partial charge in [0, 0.05) is 17.6 Å². The van der Waals surface area contributed by atoms with E-state index in [9.17, 15) is 18.0 Å². The first-order chi connectivity index (χ1) is 19.0.